The zero-order chi connectivity index (χ0) is 15.1. The molecule has 2 nitrogen and oxygen atoms in total. The summed E-state index contributed by atoms with van der Waals surface area (Å²) in [5.74, 6) is -0.212. The van der Waals surface area contributed by atoms with Crippen molar-refractivity contribution in [3.05, 3.63) is 64.1 Å². The number of nitrogens with one attached hydrogen (secondary N) is 1. The third-order valence-corrected chi connectivity index (χ3v) is 4.11. The fourth-order valence-electron chi connectivity index (χ4n) is 2.32. The summed E-state index contributed by atoms with van der Waals surface area (Å²) >= 11 is 3.45. The van der Waals surface area contributed by atoms with Crippen molar-refractivity contribution in [1.29, 1.82) is 0 Å². The number of hydrogen-bond acceptors (Lipinski definition) is 2. The highest BCUT2D eigenvalue weighted by molar-refractivity contribution is 9.10. The summed E-state index contributed by atoms with van der Waals surface area (Å²) in [6.45, 7) is 3.13. The predicted molar refractivity (Wildman–Crippen MR) is 87.8 cm³/mol. The Bertz CT molecular complexity index is 560. The van der Waals surface area contributed by atoms with Crippen LogP contribution in [0.4, 0.5) is 4.39 Å². The van der Waals surface area contributed by atoms with Crippen LogP contribution in [0, 0.1) is 5.82 Å². The summed E-state index contributed by atoms with van der Waals surface area (Å²) in [5, 5.41) is 3.57. The van der Waals surface area contributed by atoms with Gasteiger partial charge in [0, 0.05) is 22.9 Å². The van der Waals surface area contributed by atoms with Gasteiger partial charge in [-0.15, -0.1) is 0 Å². The third kappa shape index (κ3) is 5.21. The van der Waals surface area contributed by atoms with Crippen LogP contribution in [0.2, 0.25) is 0 Å². The van der Waals surface area contributed by atoms with Crippen molar-refractivity contribution in [2.24, 2.45) is 0 Å². The van der Waals surface area contributed by atoms with Gasteiger partial charge in [-0.3, -0.25) is 4.98 Å². The summed E-state index contributed by atoms with van der Waals surface area (Å²) in [7, 11) is 0. The van der Waals surface area contributed by atoms with Gasteiger partial charge in [-0.05, 0) is 55.1 Å². The lowest BCUT2D eigenvalue weighted by molar-refractivity contribution is 0.503. The third-order valence-electron chi connectivity index (χ3n) is 3.37. The molecule has 2 rings (SSSR count). The molecule has 1 heterocycles. The number of rotatable bonds is 7. The van der Waals surface area contributed by atoms with Gasteiger partial charge in [0.2, 0.25) is 0 Å². The zero-order valence-electron chi connectivity index (χ0n) is 12.2. The molecule has 0 aliphatic heterocycles. The standard InChI is InChI=1S/C17H20BrFN2/c1-2-7-21-16(9-13-4-3-8-20-12-13)10-14-5-6-15(19)11-17(14)18/h3-6,8,11-12,16,21H,2,7,9-10H2,1H3. The molecule has 0 aliphatic rings. The maximum Gasteiger partial charge on any atom is 0.124 e. The van der Waals surface area contributed by atoms with E-state index in [4.69, 9.17) is 0 Å². The van der Waals surface area contributed by atoms with E-state index in [1.807, 2.05) is 18.3 Å². The van der Waals surface area contributed by atoms with Gasteiger partial charge in [-0.2, -0.15) is 0 Å². The normalized spacial score (nSPS) is 12.3. The topological polar surface area (TPSA) is 24.9 Å². The van der Waals surface area contributed by atoms with Crippen LogP contribution in [0.25, 0.3) is 0 Å². The van der Waals surface area contributed by atoms with Gasteiger partial charge in [-0.25, -0.2) is 4.39 Å². The molecule has 0 amide bonds. The summed E-state index contributed by atoms with van der Waals surface area (Å²) in [6.07, 6.45) is 6.55. The van der Waals surface area contributed by atoms with Gasteiger partial charge in [0.15, 0.2) is 0 Å². The Morgan fingerprint density at radius 2 is 2.14 bits per heavy atom. The zero-order valence-corrected chi connectivity index (χ0v) is 13.7. The highest BCUT2D eigenvalue weighted by atomic mass is 79.9. The summed E-state index contributed by atoms with van der Waals surface area (Å²) in [4.78, 5) is 4.17. The first-order chi connectivity index (χ1) is 10.2. The van der Waals surface area contributed by atoms with E-state index >= 15 is 0 Å². The maximum atomic E-state index is 13.2. The van der Waals surface area contributed by atoms with E-state index in [-0.39, 0.29) is 5.82 Å². The van der Waals surface area contributed by atoms with Crippen LogP contribution >= 0.6 is 15.9 Å². The van der Waals surface area contributed by atoms with E-state index in [2.05, 4.69) is 39.2 Å². The maximum absolute atomic E-state index is 13.2. The number of benzene rings is 1. The Balaban J connectivity index is 2.08. The Labute approximate surface area is 133 Å². The number of hydrogen-bond donors (Lipinski definition) is 1. The number of nitrogens with zero attached hydrogens (tertiary/aromatic N) is 1. The molecule has 1 unspecified atom stereocenters. The second-order valence-electron chi connectivity index (χ2n) is 5.16. The Hall–Kier alpha value is -1.26. The van der Waals surface area contributed by atoms with Gasteiger partial charge >= 0.3 is 0 Å². The van der Waals surface area contributed by atoms with Crippen molar-refractivity contribution in [3.8, 4) is 0 Å². The molecule has 4 heteroatoms. The van der Waals surface area contributed by atoms with Crippen molar-refractivity contribution in [2.45, 2.75) is 32.2 Å². The van der Waals surface area contributed by atoms with Crippen molar-refractivity contribution in [3.63, 3.8) is 0 Å². The van der Waals surface area contributed by atoms with E-state index in [0.29, 0.717) is 6.04 Å². The fraction of sp³-hybridized carbons (Fsp3) is 0.353. The molecule has 21 heavy (non-hydrogen) atoms. The van der Waals surface area contributed by atoms with Gasteiger partial charge in [-0.1, -0.05) is 35.0 Å². The molecule has 2 aromatic rings. The van der Waals surface area contributed by atoms with Crippen LogP contribution in [-0.2, 0) is 12.8 Å². The van der Waals surface area contributed by atoms with E-state index in [9.17, 15) is 4.39 Å². The van der Waals surface area contributed by atoms with Crippen molar-refractivity contribution < 1.29 is 4.39 Å². The molecule has 1 aromatic heterocycles. The van der Waals surface area contributed by atoms with Crippen LogP contribution in [0.3, 0.4) is 0 Å². The van der Waals surface area contributed by atoms with Gasteiger partial charge in [0.1, 0.15) is 5.82 Å². The SMILES string of the molecule is CCCNC(Cc1cccnc1)Cc1ccc(F)cc1Br. The molecular weight excluding hydrogens is 331 g/mol. The van der Waals surface area contributed by atoms with Crippen LogP contribution in [0.5, 0.6) is 0 Å². The van der Waals surface area contributed by atoms with Crippen molar-refractivity contribution >= 4 is 15.9 Å². The minimum Gasteiger partial charge on any atom is -0.313 e. The number of aromatic nitrogens is 1. The van der Waals surface area contributed by atoms with Gasteiger partial charge in [0.05, 0.1) is 0 Å². The molecule has 0 saturated carbocycles. The lowest BCUT2D eigenvalue weighted by Gasteiger charge is -2.19. The minimum absolute atomic E-state index is 0.212. The Morgan fingerprint density at radius 1 is 1.29 bits per heavy atom. The second kappa shape index (κ2) is 8.25. The second-order valence-corrected chi connectivity index (χ2v) is 6.01. The number of pyridine rings is 1. The van der Waals surface area contributed by atoms with Crippen LogP contribution in [-0.4, -0.2) is 17.6 Å². The van der Waals surface area contributed by atoms with E-state index in [0.717, 1.165) is 35.8 Å². The molecule has 112 valence electrons. The van der Waals surface area contributed by atoms with Gasteiger partial charge < -0.3 is 5.32 Å². The lowest BCUT2D eigenvalue weighted by atomic mass is 9.99. The van der Waals surface area contributed by atoms with Crippen LogP contribution in [0.15, 0.2) is 47.2 Å². The number of halogens is 2. The monoisotopic (exact) mass is 350 g/mol. The molecule has 0 saturated heterocycles. The van der Waals surface area contributed by atoms with Crippen LogP contribution < -0.4 is 5.32 Å². The van der Waals surface area contributed by atoms with E-state index < -0.39 is 0 Å². The first-order valence-electron chi connectivity index (χ1n) is 7.25. The minimum atomic E-state index is -0.212. The average Bonchev–Trinajstić information content (AvgIpc) is 2.48. The van der Waals surface area contributed by atoms with Crippen molar-refractivity contribution in [2.75, 3.05) is 6.54 Å². The molecule has 0 fully saturated rings. The van der Waals surface area contributed by atoms with Gasteiger partial charge in [0.25, 0.3) is 0 Å². The van der Waals surface area contributed by atoms with Crippen molar-refractivity contribution in [1.82, 2.24) is 10.3 Å². The summed E-state index contributed by atoms with van der Waals surface area (Å²) < 4.78 is 14.0. The van der Waals surface area contributed by atoms with E-state index in [1.165, 1.54) is 17.7 Å². The largest absolute Gasteiger partial charge is 0.313 e. The molecule has 0 spiro atoms. The highest BCUT2D eigenvalue weighted by Gasteiger charge is 2.12. The molecule has 0 bridgehead atoms. The Morgan fingerprint density at radius 3 is 2.81 bits per heavy atom. The Kier molecular flexibility index (Phi) is 6.33. The van der Waals surface area contributed by atoms with Crippen LogP contribution in [0.1, 0.15) is 24.5 Å². The summed E-state index contributed by atoms with van der Waals surface area (Å²) in [6, 6.07) is 9.25. The molecule has 1 aromatic carbocycles. The molecular formula is C17H20BrFN2. The van der Waals surface area contributed by atoms with E-state index in [1.54, 1.807) is 6.20 Å². The quantitative estimate of drug-likeness (QED) is 0.811. The highest BCUT2D eigenvalue weighted by Crippen LogP contribution is 2.20. The first-order valence-corrected chi connectivity index (χ1v) is 8.04. The lowest BCUT2D eigenvalue weighted by Crippen LogP contribution is -2.34. The fourth-order valence-corrected chi connectivity index (χ4v) is 2.83. The molecule has 0 aliphatic carbocycles. The average molecular weight is 351 g/mol. The summed E-state index contributed by atoms with van der Waals surface area (Å²) in [5.41, 5.74) is 2.33. The molecule has 0 radical (unpaired) electrons. The molecule has 1 N–H and O–H groups in total. The smallest absolute Gasteiger partial charge is 0.124 e. The first kappa shape index (κ1) is 16.1. The predicted octanol–water partition coefficient (Wildman–Crippen LogP) is 4.14. The molecule has 1 atom stereocenters.